The Hall–Kier alpha value is -1.63. The first kappa shape index (κ1) is 10.9. The largest absolute Gasteiger partial charge is 0.435 e. The molecule has 0 aromatic carbocycles. The topological polar surface area (TPSA) is 43.6 Å². The van der Waals surface area contributed by atoms with Crippen molar-refractivity contribution in [1.29, 1.82) is 0 Å². The molecule has 0 atom stereocenters. The van der Waals surface area contributed by atoms with Crippen LogP contribution in [0.3, 0.4) is 0 Å². The van der Waals surface area contributed by atoms with Crippen LogP contribution < -0.4 is 0 Å². The van der Waals surface area contributed by atoms with E-state index in [9.17, 15) is 13.2 Å². The van der Waals surface area contributed by atoms with Gasteiger partial charge in [0, 0.05) is 18.5 Å². The van der Waals surface area contributed by atoms with E-state index in [0.29, 0.717) is 0 Å². The van der Waals surface area contributed by atoms with Crippen molar-refractivity contribution >= 4 is 11.6 Å². The van der Waals surface area contributed by atoms with Crippen LogP contribution in [0.2, 0.25) is 5.15 Å². The SMILES string of the molecule is FC(F)(F)c1cc(Cl)n(-c2cnccn2)n1. The third-order valence-electron chi connectivity index (χ3n) is 1.72. The van der Waals surface area contributed by atoms with Crippen molar-refractivity contribution in [3.8, 4) is 5.82 Å². The molecule has 0 saturated heterocycles. The van der Waals surface area contributed by atoms with Gasteiger partial charge >= 0.3 is 6.18 Å². The molecule has 0 amide bonds. The molecule has 0 aliphatic heterocycles. The maximum atomic E-state index is 12.3. The third kappa shape index (κ3) is 1.99. The van der Waals surface area contributed by atoms with Crippen molar-refractivity contribution in [2.24, 2.45) is 0 Å². The van der Waals surface area contributed by atoms with Crippen LogP contribution in [0.25, 0.3) is 5.82 Å². The number of hydrogen-bond donors (Lipinski definition) is 0. The summed E-state index contributed by atoms with van der Waals surface area (Å²) >= 11 is 5.62. The number of hydrogen-bond acceptors (Lipinski definition) is 3. The highest BCUT2D eigenvalue weighted by atomic mass is 35.5. The summed E-state index contributed by atoms with van der Waals surface area (Å²) < 4.78 is 37.9. The van der Waals surface area contributed by atoms with Crippen LogP contribution in [0.15, 0.2) is 24.7 Å². The number of halogens is 4. The molecule has 2 heterocycles. The van der Waals surface area contributed by atoms with Gasteiger partial charge in [-0.15, -0.1) is 0 Å². The Balaban J connectivity index is 2.48. The van der Waals surface area contributed by atoms with E-state index in [1.54, 1.807) is 0 Å². The zero-order valence-electron chi connectivity index (χ0n) is 7.61. The first-order valence-corrected chi connectivity index (χ1v) is 4.45. The van der Waals surface area contributed by atoms with Crippen LogP contribution in [0.1, 0.15) is 5.69 Å². The highest BCUT2D eigenvalue weighted by molar-refractivity contribution is 6.29. The summed E-state index contributed by atoms with van der Waals surface area (Å²) in [5.74, 6) is 0.128. The maximum Gasteiger partial charge on any atom is 0.435 e. The molecule has 2 rings (SSSR count). The Bertz CT molecular complexity index is 494. The first-order valence-electron chi connectivity index (χ1n) is 4.07. The van der Waals surface area contributed by atoms with Gasteiger partial charge < -0.3 is 0 Å². The van der Waals surface area contributed by atoms with E-state index in [1.807, 2.05) is 0 Å². The average molecular weight is 249 g/mol. The lowest BCUT2D eigenvalue weighted by Crippen LogP contribution is -2.07. The Morgan fingerprint density at radius 1 is 1.25 bits per heavy atom. The number of nitrogens with zero attached hydrogens (tertiary/aromatic N) is 4. The van der Waals surface area contributed by atoms with Gasteiger partial charge in [-0.3, -0.25) is 4.98 Å². The Morgan fingerprint density at radius 2 is 2.00 bits per heavy atom. The molecular formula is C8H4ClF3N4. The maximum absolute atomic E-state index is 12.3. The summed E-state index contributed by atoms with van der Waals surface area (Å²) in [5.41, 5.74) is -1.07. The van der Waals surface area contributed by atoms with E-state index in [2.05, 4.69) is 15.1 Å². The Kier molecular flexibility index (Phi) is 2.55. The van der Waals surface area contributed by atoms with Gasteiger partial charge in [-0.2, -0.15) is 18.3 Å². The van der Waals surface area contributed by atoms with Crippen LogP contribution >= 0.6 is 11.6 Å². The van der Waals surface area contributed by atoms with E-state index in [4.69, 9.17) is 11.6 Å². The van der Waals surface area contributed by atoms with Crippen molar-refractivity contribution in [2.75, 3.05) is 0 Å². The predicted octanol–water partition coefficient (Wildman–Crippen LogP) is 2.33. The van der Waals surface area contributed by atoms with Crippen LogP contribution in [0.5, 0.6) is 0 Å². The summed E-state index contributed by atoms with van der Waals surface area (Å²) in [5, 5.41) is 3.14. The second-order valence-corrected chi connectivity index (χ2v) is 3.21. The molecule has 0 aliphatic carbocycles. The molecule has 16 heavy (non-hydrogen) atoms. The minimum Gasteiger partial charge on any atom is -0.259 e. The zero-order valence-corrected chi connectivity index (χ0v) is 8.37. The molecular weight excluding hydrogens is 245 g/mol. The van der Waals surface area contributed by atoms with Crippen LogP contribution in [-0.2, 0) is 6.18 Å². The fourth-order valence-corrected chi connectivity index (χ4v) is 1.29. The van der Waals surface area contributed by atoms with Gasteiger partial charge in [0.2, 0.25) is 0 Å². The van der Waals surface area contributed by atoms with Crippen LogP contribution in [0.4, 0.5) is 13.2 Å². The standard InChI is InChI=1S/C8H4ClF3N4/c9-6-3-5(8(10,11)12)15-16(6)7-4-13-1-2-14-7/h1-4H. The van der Waals surface area contributed by atoms with Gasteiger partial charge in [0.25, 0.3) is 0 Å². The van der Waals surface area contributed by atoms with Gasteiger partial charge in [0.05, 0.1) is 6.20 Å². The molecule has 2 aromatic rings. The summed E-state index contributed by atoms with van der Waals surface area (Å²) in [6, 6.07) is 0.732. The van der Waals surface area contributed by atoms with Gasteiger partial charge in [-0.05, 0) is 0 Å². The second kappa shape index (κ2) is 3.75. The fraction of sp³-hybridized carbons (Fsp3) is 0.125. The van der Waals surface area contributed by atoms with Crippen molar-refractivity contribution in [3.63, 3.8) is 0 Å². The van der Waals surface area contributed by atoms with Crippen molar-refractivity contribution in [3.05, 3.63) is 35.5 Å². The lowest BCUT2D eigenvalue weighted by molar-refractivity contribution is -0.141. The Labute approximate surface area is 92.7 Å². The van der Waals surface area contributed by atoms with E-state index < -0.39 is 11.9 Å². The van der Waals surface area contributed by atoms with E-state index in [0.717, 1.165) is 10.7 Å². The van der Waals surface area contributed by atoms with Crippen molar-refractivity contribution < 1.29 is 13.2 Å². The van der Waals surface area contributed by atoms with E-state index >= 15 is 0 Å². The molecule has 2 aromatic heterocycles. The third-order valence-corrected chi connectivity index (χ3v) is 1.99. The number of alkyl halides is 3. The smallest absolute Gasteiger partial charge is 0.259 e. The Morgan fingerprint density at radius 3 is 2.50 bits per heavy atom. The number of rotatable bonds is 1. The second-order valence-electron chi connectivity index (χ2n) is 2.83. The molecule has 0 bridgehead atoms. The van der Waals surface area contributed by atoms with E-state index in [1.165, 1.54) is 18.6 Å². The molecule has 0 N–H and O–H groups in total. The van der Waals surface area contributed by atoms with Crippen molar-refractivity contribution in [1.82, 2.24) is 19.7 Å². The normalized spacial score (nSPS) is 11.8. The highest BCUT2D eigenvalue weighted by Gasteiger charge is 2.35. The number of aromatic nitrogens is 4. The lowest BCUT2D eigenvalue weighted by atomic mass is 10.4. The first-order chi connectivity index (χ1) is 7.48. The lowest BCUT2D eigenvalue weighted by Gasteiger charge is -2.01. The summed E-state index contributed by atoms with van der Waals surface area (Å²) in [6.45, 7) is 0. The molecule has 8 heteroatoms. The van der Waals surface area contributed by atoms with Gasteiger partial charge in [-0.25, -0.2) is 9.67 Å². The van der Waals surface area contributed by atoms with Gasteiger partial charge in [0.15, 0.2) is 11.5 Å². The molecule has 0 spiro atoms. The molecule has 0 aliphatic rings. The molecule has 0 saturated carbocycles. The summed E-state index contributed by atoms with van der Waals surface area (Å²) in [7, 11) is 0. The van der Waals surface area contributed by atoms with Gasteiger partial charge in [-0.1, -0.05) is 11.6 Å². The average Bonchev–Trinajstić information content (AvgIpc) is 2.61. The quantitative estimate of drug-likeness (QED) is 0.778. The van der Waals surface area contributed by atoms with Crippen LogP contribution in [0, 0.1) is 0 Å². The molecule has 4 nitrogen and oxygen atoms in total. The van der Waals surface area contributed by atoms with Crippen LogP contribution in [-0.4, -0.2) is 19.7 Å². The molecule has 0 fully saturated rings. The molecule has 84 valence electrons. The minimum absolute atomic E-state index is 0.128. The summed E-state index contributed by atoms with van der Waals surface area (Å²) in [6.07, 6.45) is -0.539. The fourth-order valence-electron chi connectivity index (χ4n) is 1.06. The predicted molar refractivity (Wildman–Crippen MR) is 49.2 cm³/mol. The van der Waals surface area contributed by atoms with Gasteiger partial charge in [0.1, 0.15) is 5.15 Å². The summed E-state index contributed by atoms with van der Waals surface area (Å²) in [4.78, 5) is 7.50. The zero-order chi connectivity index (χ0) is 11.8. The van der Waals surface area contributed by atoms with E-state index in [-0.39, 0.29) is 11.0 Å². The highest BCUT2D eigenvalue weighted by Crippen LogP contribution is 2.30. The minimum atomic E-state index is -4.53. The van der Waals surface area contributed by atoms with Crippen molar-refractivity contribution in [2.45, 2.75) is 6.18 Å². The monoisotopic (exact) mass is 248 g/mol. The molecule has 0 radical (unpaired) electrons. The molecule has 0 unspecified atom stereocenters.